The van der Waals surface area contributed by atoms with E-state index in [2.05, 4.69) is 41.4 Å². The Bertz CT molecular complexity index is 440. The maximum atomic E-state index is 6.25. The lowest BCUT2D eigenvalue weighted by Crippen LogP contribution is -2.42. The Balaban J connectivity index is 1.58. The lowest BCUT2D eigenvalue weighted by molar-refractivity contribution is 0.203. The number of nitrogens with zero attached hydrogens (tertiary/aromatic N) is 1. The van der Waals surface area contributed by atoms with Crippen LogP contribution in [0.1, 0.15) is 55.8 Å². The van der Waals surface area contributed by atoms with E-state index >= 15 is 0 Å². The van der Waals surface area contributed by atoms with Crippen LogP contribution in [-0.2, 0) is 0 Å². The zero-order valence-corrected chi connectivity index (χ0v) is 12.5. The molecule has 1 aliphatic carbocycles. The Morgan fingerprint density at radius 2 is 1.90 bits per heavy atom. The van der Waals surface area contributed by atoms with E-state index in [4.69, 9.17) is 5.73 Å². The van der Waals surface area contributed by atoms with Gasteiger partial charge in [-0.3, -0.25) is 0 Å². The van der Waals surface area contributed by atoms with Crippen LogP contribution in [0, 0.1) is 0 Å². The summed E-state index contributed by atoms with van der Waals surface area (Å²) in [5.74, 6) is 0. The van der Waals surface area contributed by atoms with E-state index in [1.807, 2.05) is 0 Å². The average Bonchev–Trinajstić information content (AvgIpc) is 2.77. The fraction of sp³-hybridized carbons (Fsp3) is 0.647. The van der Waals surface area contributed by atoms with Crippen molar-refractivity contribution in [2.45, 2.75) is 50.7 Å². The van der Waals surface area contributed by atoms with Crippen molar-refractivity contribution in [2.75, 3.05) is 19.6 Å². The second kappa shape index (κ2) is 6.25. The fourth-order valence-corrected chi connectivity index (χ4v) is 3.76. The van der Waals surface area contributed by atoms with E-state index in [9.17, 15) is 0 Å². The summed E-state index contributed by atoms with van der Waals surface area (Å²) in [6.07, 6.45) is 5.17. The largest absolute Gasteiger partial charge is 0.324 e. The Hall–Kier alpha value is -0.900. The Labute approximate surface area is 122 Å². The highest BCUT2D eigenvalue weighted by molar-refractivity contribution is 5.37. The minimum atomic E-state index is 0.200. The summed E-state index contributed by atoms with van der Waals surface area (Å²) >= 11 is 0. The van der Waals surface area contributed by atoms with Crippen molar-refractivity contribution in [2.24, 2.45) is 5.73 Å². The van der Waals surface area contributed by atoms with Crippen molar-refractivity contribution in [1.29, 1.82) is 0 Å². The lowest BCUT2D eigenvalue weighted by Gasteiger charge is -2.30. The minimum absolute atomic E-state index is 0.200. The molecule has 2 aliphatic rings. The fourth-order valence-electron chi connectivity index (χ4n) is 3.76. The summed E-state index contributed by atoms with van der Waals surface area (Å²) in [4.78, 5) is 2.60. The molecule has 1 fully saturated rings. The molecule has 110 valence electrons. The summed E-state index contributed by atoms with van der Waals surface area (Å²) in [6.45, 7) is 6.01. The van der Waals surface area contributed by atoms with Crippen LogP contribution in [0.15, 0.2) is 24.3 Å². The topological polar surface area (TPSA) is 41.3 Å². The molecule has 3 nitrogen and oxygen atoms in total. The Kier molecular flexibility index (Phi) is 4.39. The SMILES string of the molecule is CC(CN1CCCCC1)NC1CC(N)c2ccccc21. The van der Waals surface area contributed by atoms with Crippen LogP contribution in [0.2, 0.25) is 0 Å². The molecule has 0 spiro atoms. The van der Waals surface area contributed by atoms with Crippen LogP contribution in [0.4, 0.5) is 0 Å². The van der Waals surface area contributed by atoms with Gasteiger partial charge in [-0.25, -0.2) is 0 Å². The highest BCUT2D eigenvalue weighted by Crippen LogP contribution is 2.37. The van der Waals surface area contributed by atoms with Crippen LogP contribution < -0.4 is 11.1 Å². The van der Waals surface area contributed by atoms with Crippen molar-refractivity contribution >= 4 is 0 Å². The van der Waals surface area contributed by atoms with Crippen LogP contribution in [0.5, 0.6) is 0 Å². The number of rotatable bonds is 4. The maximum absolute atomic E-state index is 6.25. The number of nitrogens with two attached hydrogens (primary N) is 1. The molecule has 3 atom stereocenters. The first-order valence-corrected chi connectivity index (χ1v) is 8.07. The van der Waals surface area contributed by atoms with E-state index in [-0.39, 0.29) is 6.04 Å². The van der Waals surface area contributed by atoms with Gasteiger partial charge in [-0.15, -0.1) is 0 Å². The first-order valence-electron chi connectivity index (χ1n) is 8.07. The summed E-state index contributed by atoms with van der Waals surface area (Å²) in [6, 6.07) is 9.78. The second-order valence-corrected chi connectivity index (χ2v) is 6.45. The first-order chi connectivity index (χ1) is 9.74. The molecule has 1 aromatic rings. The van der Waals surface area contributed by atoms with E-state index < -0.39 is 0 Å². The maximum Gasteiger partial charge on any atom is 0.0344 e. The molecule has 3 heteroatoms. The zero-order chi connectivity index (χ0) is 13.9. The molecule has 1 heterocycles. The predicted molar refractivity (Wildman–Crippen MR) is 83.6 cm³/mol. The zero-order valence-electron chi connectivity index (χ0n) is 12.5. The third-order valence-electron chi connectivity index (χ3n) is 4.73. The molecule has 20 heavy (non-hydrogen) atoms. The highest BCUT2D eigenvalue weighted by atomic mass is 15.2. The summed E-state index contributed by atoms with van der Waals surface area (Å²) in [5, 5.41) is 3.79. The molecular formula is C17H27N3. The van der Waals surface area contributed by atoms with E-state index in [1.165, 1.54) is 43.5 Å². The first kappa shape index (κ1) is 14.1. The van der Waals surface area contributed by atoms with Crippen molar-refractivity contribution < 1.29 is 0 Å². The molecule has 3 rings (SSSR count). The summed E-state index contributed by atoms with van der Waals surface area (Å²) in [7, 11) is 0. The molecular weight excluding hydrogens is 246 g/mol. The minimum Gasteiger partial charge on any atom is -0.324 e. The molecule has 1 aliphatic heterocycles. The Morgan fingerprint density at radius 1 is 1.20 bits per heavy atom. The molecule has 0 amide bonds. The number of benzene rings is 1. The molecule has 1 saturated heterocycles. The molecule has 0 radical (unpaired) electrons. The summed E-state index contributed by atoms with van der Waals surface area (Å²) in [5.41, 5.74) is 8.98. The molecule has 0 bridgehead atoms. The smallest absolute Gasteiger partial charge is 0.0344 e. The van der Waals surface area contributed by atoms with Gasteiger partial charge in [0.2, 0.25) is 0 Å². The van der Waals surface area contributed by atoms with Crippen molar-refractivity contribution in [3.63, 3.8) is 0 Å². The van der Waals surface area contributed by atoms with Gasteiger partial charge in [0.05, 0.1) is 0 Å². The van der Waals surface area contributed by atoms with Gasteiger partial charge in [-0.1, -0.05) is 30.7 Å². The molecule has 0 saturated carbocycles. The van der Waals surface area contributed by atoms with Crippen LogP contribution in [0.25, 0.3) is 0 Å². The van der Waals surface area contributed by atoms with Gasteiger partial charge < -0.3 is 16.0 Å². The van der Waals surface area contributed by atoms with Crippen molar-refractivity contribution in [1.82, 2.24) is 10.2 Å². The van der Waals surface area contributed by atoms with Gasteiger partial charge in [-0.05, 0) is 50.4 Å². The van der Waals surface area contributed by atoms with Gasteiger partial charge in [0.25, 0.3) is 0 Å². The molecule has 3 N–H and O–H groups in total. The van der Waals surface area contributed by atoms with Crippen LogP contribution >= 0.6 is 0 Å². The monoisotopic (exact) mass is 273 g/mol. The van der Waals surface area contributed by atoms with Crippen LogP contribution in [-0.4, -0.2) is 30.6 Å². The number of hydrogen-bond acceptors (Lipinski definition) is 3. The van der Waals surface area contributed by atoms with E-state index in [0.29, 0.717) is 12.1 Å². The number of nitrogens with one attached hydrogen (secondary N) is 1. The van der Waals surface area contributed by atoms with E-state index in [0.717, 1.165) is 13.0 Å². The highest BCUT2D eigenvalue weighted by Gasteiger charge is 2.29. The van der Waals surface area contributed by atoms with Gasteiger partial charge in [-0.2, -0.15) is 0 Å². The summed E-state index contributed by atoms with van der Waals surface area (Å²) < 4.78 is 0. The third-order valence-corrected chi connectivity index (χ3v) is 4.73. The number of piperidine rings is 1. The predicted octanol–water partition coefficient (Wildman–Crippen LogP) is 2.60. The normalized spacial score (nSPS) is 28.3. The number of hydrogen-bond donors (Lipinski definition) is 2. The lowest BCUT2D eigenvalue weighted by atomic mass is 10.1. The third kappa shape index (κ3) is 3.05. The number of likely N-dealkylation sites (tertiary alicyclic amines) is 1. The van der Waals surface area contributed by atoms with Gasteiger partial charge in [0.15, 0.2) is 0 Å². The molecule has 1 aromatic carbocycles. The van der Waals surface area contributed by atoms with Gasteiger partial charge in [0.1, 0.15) is 0 Å². The quantitative estimate of drug-likeness (QED) is 0.886. The number of fused-ring (bicyclic) bond motifs is 1. The van der Waals surface area contributed by atoms with Gasteiger partial charge >= 0.3 is 0 Å². The second-order valence-electron chi connectivity index (χ2n) is 6.45. The van der Waals surface area contributed by atoms with E-state index in [1.54, 1.807) is 0 Å². The standard InChI is InChI=1S/C17H27N3/c1-13(12-20-9-5-2-6-10-20)19-17-11-16(18)14-7-3-4-8-15(14)17/h3-4,7-8,13,16-17,19H,2,5-6,9-12,18H2,1H3. The van der Waals surface area contributed by atoms with Crippen LogP contribution in [0.3, 0.4) is 0 Å². The van der Waals surface area contributed by atoms with Crippen molar-refractivity contribution in [3.8, 4) is 0 Å². The molecule has 0 aromatic heterocycles. The van der Waals surface area contributed by atoms with Gasteiger partial charge in [0, 0.05) is 24.7 Å². The Morgan fingerprint density at radius 3 is 2.65 bits per heavy atom. The average molecular weight is 273 g/mol. The van der Waals surface area contributed by atoms with Crippen molar-refractivity contribution in [3.05, 3.63) is 35.4 Å². The molecule has 3 unspecified atom stereocenters.